The predicted octanol–water partition coefficient (Wildman–Crippen LogP) is 1.79. The Labute approximate surface area is 103 Å². The monoisotopic (exact) mass is 248 g/mol. The Balaban J connectivity index is 2.34. The molecule has 1 aliphatic heterocycles. The van der Waals surface area contributed by atoms with Crippen LogP contribution < -0.4 is 5.56 Å². The number of nitrogens with zero attached hydrogens (tertiary/aromatic N) is 2. The van der Waals surface area contributed by atoms with Crippen molar-refractivity contribution in [2.24, 2.45) is 0 Å². The molecule has 0 aliphatic carbocycles. The van der Waals surface area contributed by atoms with E-state index in [4.69, 9.17) is 4.74 Å². The Hall–Kier alpha value is -1.33. The molecule has 1 atom stereocenters. The summed E-state index contributed by atoms with van der Waals surface area (Å²) in [6.07, 6.45) is 0. The fourth-order valence-corrected chi connectivity index (χ4v) is 3.05. The summed E-state index contributed by atoms with van der Waals surface area (Å²) >= 11 is 1.68. The SMILES string of the molecule is CO[C@H]1SCCn2c1nc1ccccc1c2=O. The summed E-state index contributed by atoms with van der Waals surface area (Å²) in [6, 6.07) is 7.44. The molecular formula is C12H12N2O2S. The maximum absolute atomic E-state index is 12.3. The predicted molar refractivity (Wildman–Crippen MR) is 68.2 cm³/mol. The molecule has 0 saturated carbocycles. The van der Waals surface area contributed by atoms with Gasteiger partial charge in [0.25, 0.3) is 5.56 Å². The highest BCUT2D eigenvalue weighted by Gasteiger charge is 2.23. The van der Waals surface area contributed by atoms with Gasteiger partial charge in [-0.15, -0.1) is 11.8 Å². The van der Waals surface area contributed by atoms with Crippen molar-refractivity contribution in [1.82, 2.24) is 9.55 Å². The van der Waals surface area contributed by atoms with Gasteiger partial charge in [-0.25, -0.2) is 4.98 Å². The van der Waals surface area contributed by atoms with E-state index in [1.165, 1.54) is 0 Å². The zero-order valence-electron chi connectivity index (χ0n) is 9.42. The van der Waals surface area contributed by atoms with E-state index in [-0.39, 0.29) is 11.0 Å². The van der Waals surface area contributed by atoms with Crippen LogP contribution >= 0.6 is 11.8 Å². The van der Waals surface area contributed by atoms with Gasteiger partial charge in [0, 0.05) is 19.4 Å². The van der Waals surface area contributed by atoms with Crippen molar-refractivity contribution in [3.63, 3.8) is 0 Å². The Morgan fingerprint density at radius 2 is 2.29 bits per heavy atom. The minimum absolute atomic E-state index is 0.0351. The van der Waals surface area contributed by atoms with Crippen LogP contribution in [0.15, 0.2) is 29.1 Å². The summed E-state index contributed by atoms with van der Waals surface area (Å²) in [5.41, 5.74) is 0.641. The van der Waals surface area contributed by atoms with E-state index in [9.17, 15) is 4.79 Å². The fourth-order valence-electron chi connectivity index (χ4n) is 2.08. The van der Waals surface area contributed by atoms with Gasteiger partial charge in [0.15, 0.2) is 11.3 Å². The molecule has 17 heavy (non-hydrogen) atoms. The molecule has 5 heteroatoms. The van der Waals surface area contributed by atoms with Crippen LogP contribution in [0.5, 0.6) is 0 Å². The lowest BCUT2D eigenvalue weighted by Crippen LogP contribution is -2.30. The molecule has 88 valence electrons. The molecule has 1 aromatic carbocycles. The second-order valence-electron chi connectivity index (χ2n) is 3.88. The van der Waals surface area contributed by atoms with Crippen LogP contribution in [-0.2, 0) is 11.3 Å². The van der Waals surface area contributed by atoms with E-state index in [2.05, 4.69) is 4.98 Å². The highest BCUT2D eigenvalue weighted by atomic mass is 32.2. The van der Waals surface area contributed by atoms with Gasteiger partial charge in [0.1, 0.15) is 0 Å². The quantitative estimate of drug-likeness (QED) is 0.771. The number of aromatic nitrogens is 2. The minimum atomic E-state index is -0.138. The van der Waals surface area contributed by atoms with Crippen LogP contribution in [0.1, 0.15) is 11.3 Å². The van der Waals surface area contributed by atoms with Crippen LogP contribution in [0.25, 0.3) is 10.9 Å². The molecule has 0 saturated heterocycles. The molecule has 0 radical (unpaired) electrons. The summed E-state index contributed by atoms with van der Waals surface area (Å²) in [7, 11) is 1.65. The third-order valence-corrected chi connectivity index (χ3v) is 4.02. The van der Waals surface area contributed by atoms with Crippen molar-refractivity contribution in [2.45, 2.75) is 12.0 Å². The van der Waals surface area contributed by atoms with Crippen LogP contribution in [0, 0.1) is 0 Å². The smallest absolute Gasteiger partial charge is 0.261 e. The first-order chi connectivity index (χ1) is 8.31. The normalized spacial score (nSPS) is 19.2. The summed E-state index contributed by atoms with van der Waals surface area (Å²) in [5.74, 6) is 1.61. The zero-order chi connectivity index (χ0) is 11.8. The van der Waals surface area contributed by atoms with Crippen molar-refractivity contribution >= 4 is 22.7 Å². The van der Waals surface area contributed by atoms with Gasteiger partial charge in [-0.05, 0) is 12.1 Å². The zero-order valence-corrected chi connectivity index (χ0v) is 10.2. The number of hydrogen-bond donors (Lipinski definition) is 0. The number of thioether (sulfide) groups is 1. The fraction of sp³-hybridized carbons (Fsp3) is 0.333. The highest BCUT2D eigenvalue weighted by Crippen LogP contribution is 2.31. The summed E-state index contributed by atoms with van der Waals surface area (Å²) < 4.78 is 7.09. The summed E-state index contributed by atoms with van der Waals surface area (Å²) in [5, 5.41) is 0.679. The maximum Gasteiger partial charge on any atom is 0.261 e. The lowest BCUT2D eigenvalue weighted by Gasteiger charge is -2.24. The van der Waals surface area contributed by atoms with Crippen molar-refractivity contribution < 1.29 is 4.74 Å². The number of ether oxygens (including phenoxy) is 1. The minimum Gasteiger partial charge on any atom is -0.363 e. The van der Waals surface area contributed by atoms with Gasteiger partial charge in [-0.3, -0.25) is 9.36 Å². The van der Waals surface area contributed by atoms with Gasteiger partial charge in [-0.1, -0.05) is 12.1 Å². The third kappa shape index (κ3) is 1.66. The number of benzene rings is 1. The molecule has 1 aromatic heterocycles. The molecule has 0 unspecified atom stereocenters. The van der Waals surface area contributed by atoms with Gasteiger partial charge in [0.2, 0.25) is 0 Å². The first kappa shape index (κ1) is 10.8. The van der Waals surface area contributed by atoms with E-state index in [0.29, 0.717) is 11.9 Å². The number of para-hydroxylation sites is 1. The summed E-state index contributed by atoms with van der Waals surface area (Å²) in [4.78, 5) is 16.8. The van der Waals surface area contributed by atoms with Crippen LogP contribution in [-0.4, -0.2) is 22.4 Å². The molecule has 0 amide bonds. The van der Waals surface area contributed by atoms with Gasteiger partial charge >= 0.3 is 0 Å². The van der Waals surface area contributed by atoms with Gasteiger partial charge in [0.05, 0.1) is 10.9 Å². The van der Waals surface area contributed by atoms with Crippen LogP contribution in [0.3, 0.4) is 0 Å². The van der Waals surface area contributed by atoms with Crippen LogP contribution in [0.4, 0.5) is 0 Å². The van der Waals surface area contributed by atoms with E-state index < -0.39 is 0 Å². The Bertz CT molecular complexity index is 623. The molecule has 0 bridgehead atoms. The Morgan fingerprint density at radius 3 is 3.12 bits per heavy atom. The second kappa shape index (κ2) is 4.16. The topological polar surface area (TPSA) is 44.1 Å². The van der Waals surface area contributed by atoms with E-state index >= 15 is 0 Å². The number of fused-ring (bicyclic) bond motifs is 2. The van der Waals surface area contributed by atoms with Gasteiger partial charge < -0.3 is 4.74 Å². The molecule has 3 rings (SSSR count). The van der Waals surface area contributed by atoms with Crippen LogP contribution in [0.2, 0.25) is 0 Å². The van der Waals surface area contributed by atoms with Crippen molar-refractivity contribution in [1.29, 1.82) is 0 Å². The maximum atomic E-state index is 12.3. The lowest BCUT2D eigenvalue weighted by atomic mass is 10.2. The Kier molecular flexibility index (Phi) is 2.64. The van der Waals surface area contributed by atoms with E-state index in [1.807, 2.05) is 24.3 Å². The van der Waals surface area contributed by atoms with Crippen molar-refractivity contribution in [3.8, 4) is 0 Å². The average molecular weight is 248 g/mol. The first-order valence-electron chi connectivity index (χ1n) is 5.45. The molecule has 2 aromatic rings. The molecule has 4 nitrogen and oxygen atoms in total. The average Bonchev–Trinajstić information content (AvgIpc) is 2.38. The number of hydrogen-bond acceptors (Lipinski definition) is 4. The van der Waals surface area contributed by atoms with E-state index in [0.717, 1.165) is 17.1 Å². The van der Waals surface area contributed by atoms with Crippen molar-refractivity contribution in [2.75, 3.05) is 12.9 Å². The Morgan fingerprint density at radius 1 is 1.47 bits per heavy atom. The molecule has 0 N–H and O–H groups in total. The lowest BCUT2D eigenvalue weighted by molar-refractivity contribution is 0.161. The third-order valence-electron chi connectivity index (χ3n) is 2.90. The second-order valence-corrected chi connectivity index (χ2v) is 5.05. The molecular weight excluding hydrogens is 236 g/mol. The molecule has 1 aliphatic rings. The van der Waals surface area contributed by atoms with Gasteiger partial charge in [-0.2, -0.15) is 0 Å². The number of rotatable bonds is 1. The molecule has 0 spiro atoms. The largest absolute Gasteiger partial charge is 0.363 e. The molecule has 0 fully saturated rings. The van der Waals surface area contributed by atoms with Crippen molar-refractivity contribution in [3.05, 3.63) is 40.4 Å². The highest BCUT2D eigenvalue weighted by molar-refractivity contribution is 7.99. The molecule has 2 heterocycles. The standard InChI is InChI=1S/C12H12N2O2S/c1-16-12-10-13-9-5-3-2-4-8(9)11(15)14(10)6-7-17-12/h2-5,12H,6-7H2,1H3/t12-/m0/s1. The first-order valence-corrected chi connectivity index (χ1v) is 6.50. The van der Waals surface area contributed by atoms with E-state index in [1.54, 1.807) is 23.4 Å². The number of methoxy groups -OCH3 is 1. The summed E-state index contributed by atoms with van der Waals surface area (Å²) in [6.45, 7) is 0.705.